The second kappa shape index (κ2) is 8.44. The smallest absolute Gasteiger partial charge is 0.321 e. The van der Waals surface area contributed by atoms with Gasteiger partial charge in [-0.25, -0.2) is 9.78 Å². The number of hydrogen-bond donors (Lipinski definition) is 3. The van der Waals surface area contributed by atoms with Gasteiger partial charge in [0.15, 0.2) is 5.13 Å². The van der Waals surface area contributed by atoms with E-state index in [4.69, 9.17) is 0 Å². The summed E-state index contributed by atoms with van der Waals surface area (Å²) in [5, 5.41) is 9.30. The Morgan fingerprint density at radius 3 is 2.92 bits per heavy atom. The zero-order chi connectivity index (χ0) is 17.6. The van der Waals surface area contributed by atoms with Crippen molar-refractivity contribution in [1.82, 2.24) is 20.5 Å². The molecular formula is C17H25N5O2S. The summed E-state index contributed by atoms with van der Waals surface area (Å²) in [6.07, 6.45) is 6.96. The lowest BCUT2D eigenvalue weighted by atomic mass is 10.2. The molecular weight excluding hydrogens is 338 g/mol. The first kappa shape index (κ1) is 17.9. The second-order valence-corrected chi connectivity index (χ2v) is 7.61. The monoisotopic (exact) mass is 363 g/mol. The van der Waals surface area contributed by atoms with E-state index in [0.717, 1.165) is 36.4 Å². The maximum absolute atomic E-state index is 12.1. The van der Waals surface area contributed by atoms with Crippen LogP contribution in [-0.2, 0) is 17.8 Å². The van der Waals surface area contributed by atoms with Crippen LogP contribution < -0.4 is 16.0 Å². The van der Waals surface area contributed by atoms with Gasteiger partial charge in [-0.15, -0.1) is 17.9 Å². The summed E-state index contributed by atoms with van der Waals surface area (Å²) in [6.45, 7) is 5.95. The van der Waals surface area contributed by atoms with Crippen LogP contribution in [0.1, 0.15) is 36.3 Å². The predicted molar refractivity (Wildman–Crippen MR) is 98.7 cm³/mol. The van der Waals surface area contributed by atoms with Crippen molar-refractivity contribution in [1.29, 1.82) is 0 Å². The fourth-order valence-electron chi connectivity index (χ4n) is 3.27. The number of anilines is 1. The topological polar surface area (TPSA) is 86.4 Å². The Morgan fingerprint density at radius 2 is 2.16 bits per heavy atom. The van der Waals surface area contributed by atoms with Crippen molar-refractivity contribution >= 4 is 28.4 Å². The predicted octanol–water partition coefficient (Wildman–Crippen LogP) is 1.87. The van der Waals surface area contributed by atoms with Crippen LogP contribution in [0, 0.1) is 0 Å². The molecule has 1 fully saturated rings. The van der Waals surface area contributed by atoms with Crippen LogP contribution in [-0.4, -0.2) is 47.5 Å². The molecule has 1 aliphatic heterocycles. The van der Waals surface area contributed by atoms with Crippen LogP contribution in [0.25, 0.3) is 0 Å². The van der Waals surface area contributed by atoms with Gasteiger partial charge in [-0.3, -0.25) is 15.0 Å². The summed E-state index contributed by atoms with van der Waals surface area (Å²) in [6, 6.07) is 0.123. The molecule has 0 unspecified atom stereocenters. The number of fused-ring (bicyclic) bond motifs is 1. The Bertz CT molecular complexity index is 639. The molecule has 8 heteroatoms. The molecule has 1 aliphatic carbocycles. The summed E-state index contributed by atoms with van der Waals surface area (Å²) in [4.78, 5) is 31.6. The van der Waals surface area contributed by atoms with E-state index in [1.807, 2.05) is 0 Å². The van der Waals surface area contributed by atoms with Crippen molar-refractivity contribution < 1.29 is 9.59 Å². The SMILES string of the molecule is C=CCNC(=O)CN1CCc2nc(NC(=O)NC3CCCC3)sc2C1. The lowest BCUT2D eigenvalue weighted by Crippen LogP contribution is -2.39. The largest absolute Gasteiger partial charge is 0.352 e. The van der Waals surface area contributed by atoms with Crippen LogP contribution in [0.3, 0.4) is 0 Å². The summed E-state index contributed by atoms with van der Waals surface area (Å²) in [5.74, 6) is 0.00200. The van der Waals surface area contributed by atoms with Crippen molar-refractivity contribution in [3.8, 4) is 0 Å². The maximum atomic E-state index is 12.1. The number of carbonyl (C=O) groups excluding carboxylic acids is 2. The quantitative estimate of drug-likeness (QED) is 0.674. The highest BCUT2D eigenvalue weighted by atomic mass is 32.1. The van der Waals surface area contributed by atoms with Crippen molar-refractivity contribution in [3.63, 3.8) is 0 Å². The van der Waals surface area contributed by atoms with Gasteiger partial charge in [0.2, 0.25) is 5.91 Å². The van der Waals surface area contributed by atoms with Gasteiger partial charge in [-0.05, 0) is 12.8 Å². The van der Waals surface area contributed by atoms with Gasteiger partial charge in [0.05, 0.1) is 12.2 Å². The van der Waals surface area contributed by atoms with Crippen molar-refractivity contribution in [2.45, 2.75) is 44.7 Å². The lowest BCUT2D eigenvalue weighted by molar-refractivity contribution is -0.122. The normalized spacial score (nSPS) is 17.8. The molecule has 136 valence electrons. The molecule has 2 heterocycles. The Balaban J connectivity index is 1.50. The van der Waals surface area contributed by atoms with E-state index in [2.05, 4.69) is 32.4 Å². The van der Waals surface area contributed by atoms with Crippen molar-refractivity contribution in [2.24, 2.45) is 0 Å². The molecule has 3 rings (SSSR count). The third-order valence-corrected chi connectivity index (χ3v) is 5.53. The first-order chi connectivity index (χ1) is 12.1. The number of hydrogen-bond acceptors (Lipinski definition) is 5. The summed E-state index contributed by atoms with van der Waals surface area (Å²) in [7, 11) is 0. The number of aromatic nitrogens is 1. The molecule has 0 radical (unpaired) electrons. The molecule has 3 N–H and O–H groups in total. The van der Waals surface area contributed by atoms with Crippen molar-refractivity contribution in [3.05, 3.63) is 23.2 Å². The van der Waals surface area contributed by atoms with Crippen LogP contribution in [0.15, 0.2) is 12.7 Å². The average molecular weight is 363 g/mol. The highest BCUT2D eigenvalue weighted by Gasteiger charge is 2.23. The molecule has 1 aromatic heterocycles. The number of urea groups is 1. The first-order valence-corrected chi connectivity index (χ1v) is 9.61. The molecule has 1 saturated carbocycles. The number of nitrogens with zero attached hydrogens (tertiary/aromatic N) is 2. The number of rotatable bonds is 6. The molecule has 0 atom stereocenters. The summed E-state index contributed by atoms with van der Waals surface area (Å²) < 4.78 is 0. The van der Waals surface area contributed by atoms with Gasteiger partial charge in [-0.2, -0.15) is 0 Å². The van der Waals surface area contributed by atoms with Gasteiger partial charge in [0.25, 0.3) is 0 Å². The van der Waals surface area contributed by atoms with E-state index in [1.54, 1.807) is 6.08 Å². The van der Waals surface area contributed by atoms with Crippen LogP contribution >= 0.6 is 11.3 Å². The standard InChI is InChI=1S/C17H25N5O2S/c1-2-8-18-15(23)11-22-9-7-13-14(10-22)25-17(20-13)21-16(24)19-12-5-3-4-6-12/h2,12H,1,3-11H2,(H,18,23)(H2,19,20,21,24). The Kier molecular flexibility index (Phi) is 6.04. The molecule has 0 saturated heterocycles. The van der Waals surface area contributed by atoms with Gasteiger partial charge >= 0.3 is 6.03 Å². The minimum atomic E-state index is -0.168. The van der Waals surface area contributed by atoms with Crippen LogP contribution in [0.2, 0.25) is 0 Å². The van der Waals surface area contributed by atoms with E-state index in [1.165, 1.54) is 24.2 Å². The van der Waals surface area contributed by atoms with Gasteiger partial charge in [-0.1, -0.05) is 18.9 Å². The van der Waals surface area contributed by atoms with E-state index >= 15 is 0 Å². The number of amides is 3. The minimum Gasteiger partial charge on any atom is -0.352 e. The van der Waals surface area contributed by atoms with E-state index in [-0.39, 0.29) is 11.9 Å². The molecule has 2 aliphatic rings. The van der Waals surface area contributed by atoms with Crippen LogP contribution in [0.5, 0.6) is 0 Å². The minimum absolute atomic E-state index is 0.00200. The third kappa shape index (κ3) is 5.02. The highest BCUT2D eigenvalue weighted by Crippen LogP contribution is 2.28. The fraction of sp³-hybridized carbons (Fsp3) is 0.588. The average Bonchev–Trinajstić information content (AvgIpc) is 3.21. The molecule has 25 heavy (non-hydrogen) atoms. The molecule has 0 spiro atoms. The van der Waals surface area contributed by atoms with E-state index in [9.17, 15) is 9.59 Å². The summed E-state index contributed by atoms with van der Waals surface area (Å²) >= 11 is 1.50. The maximum Gasteiger partial charge on any atom is 0.321 e. The number of nitrogens with one attached hydrogen (secondary N) is 3. The fourth-order valence-corrected chi connectivity index (χ4v) is 4.32. The van der Waals surface area contributed by atoms with E-state index < -0.39 is 0 Å². The van der Waals surface area contributed by atoms with Crippen LogP contribution in [0.4, 0.5) is 9.93 Å². The Hall–Kier alpha value is -1.93. The van der Waals surface area contributed by atoms with Gasteiger partial charge < -0.3 is 10.6 Å². The highest BCUT2D eigenvalue weighted by molar-refractivity contribution is 7.15. The number of thiazole rings is 1. The lowest BCUT2D eigenvalue weighted by Gasteiger charge is -2.24. The van der Waals surface area contributed by atoms with Crippen molar-refractivity contribution in [2.75, 3.05) is 25.0 Å². The van der Waals surface area contributed by atoms with E-state index in [0.29, 0.717) is 30.8 Å². The third-order valence-electron chi connectivity index (χ3n) is 4.53. The Labute approximate surface area is 151 Å². The molecule has 3 amide bonds. The zero-order valence-electron chi connectivity index (χ0n) is 14.3. The molecule has 0 aromatic carbocycles. The number of carbonyl (C=O) groups is 2. The molecule has 1 aromatic rings. The molecule has 7 nitrogen and oxygen atoms in total. The second-order valence-electron chi connectivity index (χ2n) is 6.52. The first-order valence-electron chi connectivity index (χ1n) is 8.80. The zero-order valence-corrected chi connectivity index (χ0v) is 15.2. The molecule has 0 bridgehead atoms. The van der Waals surface area contributed by atoms with Gasteiger partial charge in [0, 0.05) is 37.0 Å². The van der Waals surface area contributed by atoms with Gasteiger partial charge in [0.1, 0.15) is 0 Å². The Morgan fingerprint density at radius 1 is 1.36 bits per heavy atom. The summed E-state index contributed by atoms with van der Waals surface area (Å²) in [5.41, 5.74) is 1.03.